The van der Waals surface area contributed by atoms with Crippen molar-refractivity contribution in [1.82, 2.24) is 5.32 Å². The molecule has 0 radical (unpaired) electrons. The lowest BCUT2D eigenvalue weighted by Gasteiger charge is -2.12. The molecule has 1 amide bonds. The van der Waals surface area contributed by atoms with Crippen LogP contribution in [-0.2, 0) is 4.79 Å². The number of halogens is 2. The van der Waals surface area contributed by atoms with E-state index in [1.165, 1.54) is 12.1 Å². The molecule has 2 rings (SSSR count). The summed E-state index contributed by atoms with van der Waals surface area (Å²) in [5.41, 5.74) is 0.884. The molecule has 0 bridgehead atoms. The molecule has 1 unspecified atom stereocenters. The molecule has 4 nitrogen and oxygen atoms in total. The number of rotatable bonds is 7. The van der Waals surface area contributed by atoms with E-state index in [0.29, 0.717) is 0 Å². The third-order valence-corrected chi connectivity index (χ3v) is 3.07. The molecule has 24 heavy (non-hydrogen) atoms. The van der Waals surface area contributed by atoms with E-state index in [9.17, 15) is 18.7 Å². The quantitative estimate of drug-likeness (QED) is 0.766. The van der Waals surface area contributed by atoms with Gasteiger partial charge in [0.25, 0.3) is 0 Å². The highest BCUT2D eigenvalue weighted by atomic mass is 19.2. The molecule has 126 valence electrons. The number of aliphatic hydroxyl groups excluding tert-OH is 1. The second-order valence-corrected chi connectivity index (χ2v) is 5.03. The summed E-state index contributed by atoms with van der Waals surface area (Å²) in [6.07, 6.45) is 2.03. The van der Waals surface area contributed by atoms with E-state index in [1.807, 2.05) is 30.3 Å². The highest BCUT2D eigenvalue weighted by Crippen LogP contribution is 2.15. The number of benzene rings is 2. The van der Waals surface area contributed by atoms with Crippen molar-refractivity contribution in [3.05, 3.63) is 71.8 Å². The lowest BCUT2D eigenvalue weighted by molar-refractivity contribution is -0.117. The number of ether oxygens (including phenoxy) is 1. The third-order valence-electron chi connectivity index (χ3n) is 3.07. The Morgan fingerprint density at radius 3 is 2.62 bits per heavy atom. The van der Waals surface area contributed by atoms with Gasteiger partial charge >= 0.3 is 0 Å². The van der Waals surface area contributed by atoms with Crippen LogP contribution in [0.4, 0.5) is 8.78 Å². The van der Waals surface area contributed by atoms with Crippen molar-refractivity contribution in [1.29, 1.82) is 0 Å². The molecule has 0 aliphatic carbocycles. The van der Waals surface area contributed by atoms with E-state index in [4.69, 9.17) is 4.74 Å². The zero-order chi connectivity index (χ0) is 17.4. The van der Waals surface area contributed by atoms with Crippen LogP contribution in [0.2, 0.25) is 0 Å². The van der Waals surface area contributed by atoms with Crippen molar-refractivity contribution < 1.29 is 23.4 Å². The number of carbonyl (C=O) groups is 1. The van der Waals surface area contributed by atoms with E-state index >= 15 is 0 Å². The molecule has 0 aromatic heterocycles. The first-order valence-electron chi connectivity index (χ1n) is 7.31. The molecule has 0 aliphatic rings. The Kier molecular flexibility index (Phi) is 6.45. The zero-order valence-electron chi connectivity index (χ0n) is 12.8. The van der Waals surface area contributed by atoms with Gasteiger partial charge in [0, 0.05) is 18.7 Å². The van der Waals surface area contributed by atoms with Crippen LogP contribution < -0.4 is 10.1 Å². The van der Waals surface area contributed by atoms with Gasteiger partial charge in [-0.25, -0.2) is 8.78 Å². The normalized spacial score (nSPS) is 12.1. The molecule has 1 atom stereocenters. The Hall–Kier alpha value is -2.73. The Morgan fingerprint density at radius 2 is 1.92 bits per heavy atom. The monoisotopic (exact) mass is 333 g/mol. The van der Waals surface area contributed by atoms with Gasteiger partial charge < -0.3 is 15.2 Å². The third kappa shape index (κ3) is 5.81. The minimum absolute atomic E-state index is 0.0262. The summed E-state index contributed by atoms with van der Waals surface area (Å²) in [4.78, 5) is 11.6. The minimum atomic E-state index is -1.03. The fraction of sp³-hybridized carbons (Fsp3) is 0.167. The van der Waals surface area contributed by atoms with Gasteiger partial charge in [-0.2, -0.15) is 0 Å². The lowest BCUT2D eigenvalue weighted by atomic mass is 10.2. The fourth-order valence-electron chi connectivity index (χ4n) is 1.83. The van der Waals surface area contributed by atoms with Crippen LogP contribution in [0.5, 0.6) is 5.75 Å². The van der Waals surface area contributed by atoms with Crippen molar-refractivity contribution in [2.45, 2.75) is 6.10 Å². The molecule has 0 spiro atoms. The second kappa shape index (κ2) is 8.79. The minimum Gasteiger partial charge on any atom is -0.491 e. The van der Waals surface area contributed by atoms with E-state index in [0.717, 1.165) is 17.7 Å². The summed E-state index contributed by atoms with van der Waals surface area (Å²) < 4.78 is 30.9. The molecule has 2 aromatic carbocycles. The van der Waals surface area contributed by atoms with Gasteiger partial charge in [-0.15, -0.1) is 0 Å². The molecule has 6 heteroatoms. The Labute approximate surface area is 138 Å². The van der Waals surface area contributed by atoms with E-state index < -0.39 is 17.7 Å². The number of amides is 1. The largest absolute Gasteiger partial charge is 0.491 e. The first-order valence-corrected chi connectivity index (χ1v) is 7.31. The van der Waals surface area contributed by atoms with E-state index in [-0.39, 0.29) is 24.8 Å². The van der Waals surface area contributed by atoms with Gasteiger partial charge in [0.15, 0.2) is 11.6 Å². The van der Waals surface area contributed by atoms with Gasteiger partial charge in [-0.1, -0.05) is 30.3 Å². The van der Waals surface area contributed by atoms with Crippen molar-refractivity contribution >= 4 is 12.0 Å². The Morgan fingerprint density at radius 1 is 1.17 bits per heavy atom. The molecule has 0 saturated carbocycles. The van der Waals surface area contributed by atoms with Gasteiger partial charge in [-0.05, 0) is 23.8 Å². The van der Waals surface area contributed by atoms with Crippen LogP contribution in [0.25, 0.3) is 6.08 Å². The maximum Gasteiger partial charge on any atom is 0.244 e. The average Bonchev–Trinajstić information content (AvgIpc) is 2.60. The van der Waals surface area contributed by atoms with Gasteiger partial charge in [0.1, 0.15) is 18.5 Å². The van der Waals surface area contributed by atoms with E-state index in [2.05, 4.69) is 5.32 Å². The summed E-state index contributed by atoms with van der Waals surface area (Å²) in [7, 11) is 0. The highest BCUT2D eigenvalue weighted by Gasteiger charge is 2.08. The molecular formula is C18H17F2NO3. The highest BCUT2D eigenvalue weighted by molar-refractivity contribution is 5.91. The average molecular weight is 333 g/mol. The Balaban J connectivity index is 1.72. The number of hydrogen-bond donors (Lipinski definition) is 2. The first kappa shape index (κ1) is 17.6. The molecule has 0 saturated heterocycles. The van der Waals surface area contributed by atoms with Gasteiger partial charge in [0.2, 0.25) is 5.91 Å². The van der Waals surface area contributed by atoms with Crippen LogP contribution in [-0.4, -0.2) is 30.3 Å². The summed E-state index contributed by atoms with van der Waals surface area (Å²) >= 11 is 0. The van der Waals surface area contributed by atoms with Crippen molar-refractivity contribution in [3.63, 3.8) is 0 Å². The first-order chi connectivity index (χ1) is 11.5. The molecular weight excluding hydrogens is 316 g/mol. The number of nitrogens with one attached hydrogen (secondary N) is 1. The van der Waals surface area contributed by atoms with Crippen LogP contribution >= 0.6 is 0 Å². The Bertz CT molecular complexity index is 705. The summed E-state index contributed by atoms with van der Waals surface area (Å²) in [6, 6.07) is 12.4. The molecule has 0 heterocycles. The van der Waals surface area contributed by atoms with Crippen molar-refractivity contribution in [3.8, 4) is 5.75 Å². The van der Waals surface area contributed by atoms with Crippen molar-refractivity contribution in [2.24, 2.45) is 0 Å². The van der Waals surface area contributed by atoms with Gasteiger partial charge in [-0.3, -0.25) is 4.79 Å². The van der Waals surface area contributed by atoms with Crippen LogP contribution in [0.15, 0.2) is 54.6 Å². The van der Waals surface area contributed by atoms with Crippen molar-refractivity contribution in [2.75, 3.05) is 13.2 Å². The molecule has 2 N–H and O–H groups in total. The summed E-state index contributed by atoms with van der Waals surface area (Å²) in [5.74, 6) is -2.25. The smallest absolute Gasteiger partial charge is 0.244 e. The predicted molar refractivity (Wildman–Crippen MR) is 86.3 cm³/mol. The standard InChI is InChI=1S/C18H17F2NO3/c19-16-8-7-15(10-17(16)20)24-12-14(22)11-21-18(23)9-6-13-4-2-1-3-5-13/h1-10,14,22H,11-12H2,(H,21,23)/b9-6+. The lowest BCUT2D eigenvalue weighted by Crippen LogP contribution is -2.34. The van der Waals surface area contributed by atoms with Crippen LogP contribution in [0.3, 0.4) is 0 Å². The summed E-state index contributed by atoms with van der Waals surface area (Å²) in [5, 5.41) is 12.3. The topological polar surface area (TPSA) is 58.6 Å². The molecule has 0 aliphatic heterocycles. The number of aliphatic hydroxyl groups is 1. The molecule has 2 aromatic rings. The zero-order valence-corrected chi connectivity index (χ0v) is 12.8. The van der Waals surface area contributed by atoms with Crippen LogP contribution in [0, 0.1) is 11.6 Å². The number of hydrogen-bond acceptors (Lipinski definition) is 3. The SMILES string of the molecule is O=C(/C=C/c1ccccc1)NCC(O)COc1ccc(F)c(F)c1. The maximum atomic E-state index is 13.0. The van der Waals surface area contributed by atoms with E-state index in [1.54, 1.807) is 6.08 Å². The maximum absolute atomic E-state index is 13.0. The van der Waals surface area contributed by atoms with Crippen LogP contribution in [0.1, 0.15) is 5.56 Å². The predicted octanol–water partition coefficient (Wildman–Crippen LogP) is 2.53. The van der Waals surface area contributed by atoms with Gasteiger partial charge in [0.05, 0.1) is 0 Å². The fourth-order valence-corrected chi connectivity index (χ4v) is 1.83. The summed E-state index contributed by atoms with van der Waals surface area (Å²) in [6.45, 7) is -0.185. The second-order valence-electron chi connectivity index (χ2n) is 5.03. The number of carbonyl (C=O) groups excluding carboxylic acids is 1. The molecule has 0 fully saturated rings.